The SMILES string of the molecule is CCCC(C)N1CC(C(C)(C)C)NCC1(C)CC. The minimum Gasteiger partial charge on any atom is -0.310 e. The molecule has 1 saturated heterocycles. The Balaban J connectivity index is 2.83. The predicted molar refractivity (Wildman–Crippen MR) is 81.0 cm³/mol. The summed E-state index contributed by atoms with van der Waals surface area (Å²) >= 11 is 0. The van der Waals surface area contributed by atoms with Crippen LogP contribution in [0.5, 0.6) is 0 Å². The van der Waals surface area contributed by atoms with Gasteiger partial charge in [-0.2, -0.15) is 0 Å². The summed E-state index contributed by atoms with van der Waals surface area (Å²) in [5.74, 6) is 0. The van der Waals surface area contributed by atoms with Crippen LogP contribution in [-0.4, -0.2) is 35.6 Å². The first-order valence-corrected chi connectivity index (χ1v) is 7.74. The third-order valence-electron chi connectivity index (χ3n) is 4.85. The standard InChI is InChI=1S/C16H34N2/c1-8-10-13(3)18-11-14(15(4,5)6)17-12-16(18,7)9-2/h13-14,17H,8-12H2,1-7H3. The summed E-state index contributed by atoms with van der Waals surface area (Å²) in [5, 5.41) is 3.79. The van der Waals surface area contributed by atoms with Crippen molar-refractivity contribution in [2.75, 3.05) is 13.1 Å². The smallest absolute Gasteiger partial charge is 0.0306 e. The Kier molecular flexibility index (Phi) is 5.25. The van der Waals surface area contributed by atoms with Crippen LogP contribution in [0.1, 0.15) is 67.7 Å². The third kappa shape index (κ3) is 3.48. The van der Waals surface area contributed by atoms with E-state index in [4.69, 9.17) is 0 Å². The van der Waals surface area contributed by atoms with E-state index in [0.717, 1.165) is 6.54 Å². The molecule has 0 spiro atoms. The molecule has 1 aliphatic rings. The van der Waals surface area contributed by atoms with Gasteiger partial charge in [0.25, 0.3) is 0 Å². The molecule has 0 bridgehead atoms. The van der Waals surface area contributed by atoms with Crippen molar-refractivity contribution >= 4 is 0 Å². The van der Waals surface area contributed by atoms with Gasteiger partial charge in [0.15, 0.2) is 0 Å². The first-order chi connectivity index (χ1) is 8.24. The molecule has 1 fully saturated rings. The largest absolute Gasteiger partial charge is 0.310 e. The number of piperazine rings is 1. The Labute approximate surface area is 115 Å². The highest BCUT2D eigenvalue weighted by Gasteiger charge is 2.41. The van der Waals surface area contributed by atoms with Crippen LogP contribution in [0.25, 0.3) is 0 Å². The van der Waals surface area contributed by atoms with E-state index in [2.05, 4.69) is 58.7 Å². The molecule has 1 aliphatic heterocycles. The first kappa shape index (κ1) is 16.0. The van der Waals surface area contributed by atoms with Gasteiger partial charge in [-0.15, -0.1) is 0 Å². The van der Waals surface area contributed by atoms with Crippen LogP contribution in [0.3, 0.4) is 0 Å². The summed E-state index contributed by atoms with van der Waals surface area (Å²) in [5.41, 5.74) is 0.676. The molecule has 3 unspecified atom stereocenters. The van der Waals surface area contributed by atoms with Gasteiger partial charge in [-0.1, -0.05) is 41.0 Å². The number of hydrogen-bond acceptors (Lipinski definition) is 2. The van der Waals surface area contributed by atoms with Crippen LogP contribution in [0, 0.1) is 5.41 Å². The topological polar surface area (TPSA) is 15.3 Å². The summed E-state index contributed by atoms with van der Waals surface area (Å²) in [6, 6.07) is 1.31. The van der Waals surface area contributed by atoms with Crippen molar-refractivity contribution in [3.8, 4) is 0 Å². The Hall–Kier alpha value is -0.0800. The lowest BCUT2D eigenvalue weighted by Crippen LogP contribution is -2.67. The fourth-order valence-corrected chi connectivity index (χ4v) is 3.12. The minimum atomic E-state index is 0.330. The summed E-state index contributed by atoms with van der Waals surface area (Å²) in [6.07, 6.45) is 3.82. The van der Waals surface area contributed by atoms with Crippen LogP contribution >= 0.6 is 0 Å². The fourth-order valence-electron chi connectivity index (χ4n) is 3.12. The van der Waals surface area contributed by atoms with E-state index < -0.39 is 0 Å². The van der Waals surface area contributed by atoms with Crippen LogP contribution in [0.2, 0.25) is 0 Å². The van der Waals surface area contributed by atoms with E-state index in [0.29, 0.717) is 23.0 Å². The van der Waals surface area contributed by atoms with Gasteiger partial charge in [0.1, 0.15) is 0 Å². The van der Waals surface area contributed by atoms with Crippen LogP contribution in [-0.2, 0) is 0 Å². The Bertz CT molecular complexity index is 256. The highest BCUT2D eigenvalue weighted by Crippen LogP contribution is 2.31. The van der Waals surface area contributed by atoms with E-state index in [9.17, 15) is 0 Å². The number of hydrogen-bond donors (Lipinski definition) is 1. The van der Waals surface area contributed by atoms with Crippen molar-refractivity contribution in [2.45, 2.75) is 85.4 Å². The highest BCUT2D eigenvalue weighted by atomic mass is 15.3. The molecule has 2 nitrogen and oxygen atoms in total. The van der Waals surface area contributed by atoms with Crippen molar-refractivity contribution in [1.82, 2.24) is 10.2 Å². The molecule has 1 N–H and O–H groups in total. The number of nitrogens with zero attached hydrogens (tertiary/aromatic N) is 1. The van der Waals surface area contributed by atoms with Gasteiger partial charge in [0, 0.05) is 30.7 Å². The lowest BCUT2D eigenvalue weighted by molar-refractivity contribution is -0.00805. The molecule has 0 aromatic heterocycles. The number of nitrogens with one attached hydrogen (secondary N) is 1. The second-order valence-electron chi connectivity index (χ2n) is 7.44. The Morgan fingerprint density at radius 3 is 2.39 bits per heavy atom. The Morgan fingerprint density at radius 2 is 1.94 bits per heavy atom. The van der Waals surface area contributed by atoms with Crippen molar-refractivity contribution in [3.63, 3.8) is 0 Å². The number of rotatable bonds is 4. The van der Waals surface area contributed by atoms with Crippen LogP contribution in [0.4, 0.5) is 0 Å². The molecule has 0 aliphatic carbocycles. The maximum atomic E-state index is 3.79. The van der Waals surface area contributed by atoms with Crippen molar-refractivity contribution in [2.24, 2.45) is 5.41 Å². The Morgan fingerprint density at radius 1 is 1.33 bits per heavy atom. The molecular weight excluding hydrogens is 220 g/mol. The highest BCUT2D eigenvalue weighted by molar-refractivity contribution is 5.00. The van der Waals surface area contributed by atoms with Crippen LogP contribution in [0.15, 0.2) is 0 Å². The summed E-state index contributed by atoms with van der Waals surface area (Å²) in [7, 11) is 0. The second kappa shape index (κ2) is 5.92. The van der Waals surface area contributed by atoms with E-state index >= 15 is 0 Å². The lowest BCUT2D eigenvalue weighted by Gasteiger charge is -2.53. The van der Waals surface area contributed by atoms with Gasteiger partial charge >= 0.3 is 0 Å². The quantitative estimate of drug-likeness (QED) is 0.823. The van der Waals surface area contributed by atoms with E-state index in [1.165, 1.54) is 25.8 Å². The molecule has 0 aromatic rings. The molecule has 1 heterocycles. The molecule has 0 saturated carbocycles. The minimum absolute atomic E-state index is 0.330. The maximum absolute atomic E-state index is 3.79. The summed E-state index contributed by atoms with van der Waals surface area (Å²) in [4.78, 5) is 2.77. The normalized spacial score (nSPS) is 32.5. The van der Waals surface area contributed by atoms with Gasteiger partial charge in [-0.05, 0) is 32.1 Å². The molecule has 0 aromatic carbocycles. The van der Waals surface area contributed by atoms with Gasteiger partial charge in [0.05, 0.1) is 0 Å². The summed E-state index contributed by atoms with van der Waals surface area (Å²) in [6.45, 7) is 18.8. The molecule has 0 radical (unpaired) electrons. The predicted octanol–water partition coefficient (Wildman–Crippen LogP) is 3.66. The molecule has 2 heteroatoms. The zero-order valence-corrected chi connectivity index (χ0v) is 13.6. The van der Waals surface area contributed by atoms with Crippen molar-refractivity contribution in [1.29, 1.82) is 0 Å². The van der Waals surface area contributed by atoms with E-state index in [-0.39, 0.29) is 0 Å². The average molecular weight is 254 g/mol. The molecule has 0 amide bonds. The first-order valence-electron chi connectivity index (χ1n) is 7.74. The van der Waals surface area contributed by atoms with Crippen molar-refractivity contribution in [3.05, 3.63) is 0 Å². The lowest BCUT2D eigenvalue weighted by atomic mass is 9.81. The third-order valence-corrected chi connectivity index (χ3v) is 4.85. The average Bonchev–Trinajstić information content (AvgIpc) is 2.28. The van der Waals surface area contributed by atoms with E-state index in [1.807, 2.05) is 0 Å². The molecule has 108 valence electrons. The van der Waals surface area contributed by atoms with Gasteiger partial charge < -0.3 is 5.32 Å². The van der Waals surface area contributed by atoms with Crippen LogP contribution < -0.4 is 5.32 Å². The van der Waals surface area contributed by atoms with E-state index in [1.54, 1.807) is 0 Å². The van der Waals surface area contributed by atoms with Crippen molar-refractivity contribution < 1.29 is 0 Å². The molecule has 18 heavy (non-hydrogen) atoms. The van der Waals surface area contributed by atoms with Gasteiger partial charge in [0.2, 0.25) is 0 Å². The molecular formula is C16H34N2. The maximum Gasteiger partial charge on any atom is 0.0306 e. The van der Waals surface area contributed by atoms with Gasteiger partial charge in [-0.3, -0.25) is 4.90 Å². The molecule has 3 atom stereocenters. The second-order valence-corrected chi connectivity index (χ2v) is 7.44. The molecule has 1 rings (SSSR count). The fraction of sp³-hybridized carbons (Fsp3) is 1.00. The monoisotopic (exact) mass is 254 g/mol. The zero-order chi connectivity index (χ0) is 14.0. The zero-order valence-electron chi connectivity index (χ0n) is 13.6. The summed E-state index contributed by atoms with van der Waals surface area (Å²) < 4.78 is 0. The van der Waals surface area contributed by atoms with Gasteiger partial charge in [-0.25, -0.2) is 0 Å².